The van der Waals surface area contributed by atoms with Gasteiger partial charge in [-0.2, -0.15) is 0 Å². The number of hydrogen-bond donors (Lipinski definition) is 1. The molecule has 92 valence electrons. The highest BCUT2D eigenvalue weighted by Crippen LogP contribution is 2.25. The maximum atomic E-state index is 11.2. The Bertz CT molecular complexity index is 555. The molecule has 0 saturated carbocycles. The van der Waals surface area contributed by atoms with Crippen LogP contribution in [0.25, 0.3) is 11.3 Å². The van der Waals surface area contributed by atoms with Crippen LogP contribution in [0.1, 0.15) is 17.3 Å². The number of rotatable bonds is 4. The number of carboxylic acids is 1. The molecule has 5 heteroatoms. The molecule has 1 aromatic carbocycles. The minimum absolute atomic E-state index is 0.132. The smallest absolute Gasteiger partial charge is 0.339 e. The number of carboxylic acid groups (broad SMARTS) is 1. The van der Waals surface area contributed by atoms with E-state index in [0.717, 1.165) is 5.56 Å². The molecule has 1 heterocycles. The van der Waals surface area contributed by atoms with Gasteiger partial charge in [-0.05, 0) is 31.2 Å². The summed E-state index contributed by atoms with van der Waals surface area (Å²) in [7, 11) is 0. The van der Waals surface area contributed by atoms with Gasteiger partial charge in [0.1, 0.15) is 17.6 Å². The second kappa shape index (κ2) is 5.27. The van der Waals surface area contributed by atoms with Crippen LogP contribution in [-0.2, 0) is 0 Å². The molecule has 0 unspecified atom stereocenters. The van der Waals surface area contributed by atoms with Crippen molar-refractivity contribution in [3.8, 4) is 17.0 Å². The van der Waals surface area contributed by atoms with E-state index in [0.29, 0.717) is 18.1 Å². The second-order valence-electron chi connectivity index (χ2n) is 3.54. The zero-order valence-electron chi connectivity index (χ0n) is 9.83. The predicted molar refractivity (Wildman–Crippen MR) is 65.6 cm³/mol. The Hall–Kier alpha value is -2.43. The minimum atomic E-state index is -1.02. The molecule has 0 fully saturated rings. The van der Waals surface area contributed by atoms with Crippen LogP contribution in [0.3, 0.4) is 0 Å². The van der Waals surface area contributed by atoms with Gasteiger partial charge in [-0.3, -0.25) is 0 Å². The Balaban J connectivity index is 2.46. The van der Waals surface area contributed by atoms with E-state index >= 15 is 0 Å². The molecule has 2 rings (SSSR count). The van der Waals surface area contributed by atoms with E-state index in [1.807, 2.05) is 6.92 Å². The maximum Gasteiger partial charge on any atom is 0.339 e. The topological polar surface area (TPSA) is 72.3 Å². The molecular weight excluding hydrogens is 232 g/mol. The molecule has 18 heavy (non-hydrogen) atoms. The fourth-order valence-electron chi connectivity index (χ4n) is 1.60. The monoisotopic (exact) mass is 244 g/mol. The number of nitrogens with zero attached hydrogens (tertiary/aromatic N) is 2. The number of hydrogen-bond acceptors (Lipinski definition) is 4. The van der Waals surface area contributed by atoms with Crippen LogP contribution >= 0.6 is 0 Å². The summed E-state index contributed by atoms with van der Waals surface area (Å²) in [4.78, 5) is 19.1. The largest absolute Gasteiger partial charge is 0.493 e. The maximum absolute atomic E-state index is 11.2. The van der Waals surface area contributed by atoms with Crippen LogP contribution in [0, 0.1) is 0 Å². The summed E-state index contributed by atoms with van der Waals surface area (Å²) in [6, 6.07) is 6.70. The summed E-state index contributed by atoms with van der Waals surface area (Å²) < 4.78 is 5.28. The van der Waals surface area contributed by atoms with Gasteiger partial charge in [0.15, 0.2) is 0 Å². The Morgan fingerprint density at radius 3 is 2.83 bits per heavy atom. The Kier molecular flexibility index (Phi) is 3.52. The van der Waals surface area contributed by atoms with Gasteiger partial charge in [-0.15, -0.1) is 0 Å². The quantitative estimate of drug-likeness (QED) is 0.892. The van der Waals surface area contributed by atoms with Crippen molar-refractivity contribution < 1.29 is 14.6 Å². The molecule has 0 amide bonds. The van der Waals surface area contributed by atoms with Crippen LogP contribution in [0.5, 0.6) is 5.75 Å². The number of aromatic carboxylic acids is 1. The van der Waals surface area contributed by atoms with E-state index in [9.17, 15) is 4.79 Å². The van der Waals surface area contributed by atoms with Crippen molar-refractivity contribution >= 4 is 5.97 Å². The summed E-state index contributed by atoms with van der Waals surface area (Å²) in [5.41, 5.74) is 1.53. The number of ether oxygens (including phenoxy) is 1. The molecule has 0 atom stereocenters. The highest BCUT2D eigenvalue weighted by Gasteiger charge is 2.13. The van der Waals surface area contributed by atoms with Crippen LogP contribution in [0.15, 0.2) is 36.8 Å². The lowest BCUT2D eigenvalue weighted by Crippen LogP contribution is -2.03. The van der Waals surface area contributed by atoms with Gasteiger partial charge in [0, 0.05) is 11.8 Å². The molecular formula is C13H12N2O3. The van der Waals surface area contributed by atoms with Crippen molar-refractivity contribution in [2.45, 2.75) is 6.92 Å². The SMILES string of the molecule is CCOc1ccc(-c2ccncn2)cc1C(=O)O. The fourth-order valence-corrected chi connectivity index (χ4v) is 1.60. The molecule has 5 nitrogen and oxygen atoms in total. The highest BCUT2D eigenvalue weighted by molar-refractivity contribution is 5.92. The van der Waals surface area contributed by atoms with Crippen molar-refractivity contribution in [1.29, 1.82) is 0 Å². The lowest BCUT2D eigenvalue weighted by Gasteiger charge is -2.08. The first-order valence-corrected chi connectivity index (χ1v) is 5.49. The minimum Gasteiger partial charge on any atom is -0.493 e. The van der Waals surface area contributed by atoms with Crippen molar-refractivity contribution in [3.63, 3.8) is 0 Å². The van der Waals surface area contributed by atoms with Gasteiger partial charge < -0.3 is 9.84 Å². The Morgan fingerprint density at radius 1 is 1.39 bits per heavy atom. The van der Waals surface area contributed by atoms with E-state index in [2.05, 4.69) is 9.97 Å². The number of carbonyl (C=O) groups is 1. The third-order valence-corrected chi connectivity index (χ3v) is 2.39. The molecule has 0 aliphatic rings. The first kappa shape index (κ1) is 12.0. The molecule has 0 aliphatic carbocycles. The molecule has 0 bridgehead atoms. The number of aromatic nitrogens is 2. The third-order valence-electron chi connectivity index (χ3n) is 2.39. The lowest BCUT2D eigenvalue weighted by molar-refractivity contribution is 0.0692. The molecule has 0 saturated heterocycles. The molecule has 0 aliphatic heterocycles. The second-order valence-corrected chi connectivity index (χ2v) is 3.54. The van der Waals surface area contributed by atoms with E-state index in [1.165, 1.54) is 6.33 Å². The summed E-state index contributed by atoms with van der Waals surface area (Å²) in [5, 5.41) is 9.15. The first-order chi connectivity index (χ1) is 8.72. The van der Waals surface area contributed by atoms with Gasteiger partial charge in [-0.25, -0.2) is 14.8 Å². The van der Waals surface area contributed by atoms with Gasteiger partial charge in [0.25, 0.3) is 0 Å². The summed E-state index contributed by atoms with van der Waals surface area (Å²) in [5.74, 6) is -0.655. The zero-order valence-corrected chi connectivity index (χ0v) is 9.83. The first-order valence-electron chi connectivity index (χ1n) is 5.49. The van der Waals surface area contributed by atoms with Crippen LogP contribution in [0.2, 0.25) is 0 Å². The van der Waals surface area contributed by atoms with E-state index in [1.54, 1.807) is 30.5 Å². The van der Waals surface area contributed by atoms with Crippen molar-refractivity contribution in [2.24, 2.45) is 0 Å². The summed E-state index contributed by atoms with van der Waals surface area (Å²) >= 11 is 0. The van der Waals surface area contributed by atoms with Crippen molar-refractivity contribution in [3.05, 3.63) is 42.4 Å². The van der Waals surface area contributed by atoms with Crippen LogP contribution in [-0.4, -0.2) is 27.7 Å². The lowest BCUT2D eigenvalue weighted by atomic mass is 10.1. The van der Waals surface area contributed by atoms with E-state index < -0.39 is 5.97 Å². The van der Waals surface area contributed by atoms with E-state index in [4.69, 9.17) is 9.84 Å². The molecule has 2 aromatic rings. The third kappa shape index (κ3) is 2.45. The molecule has 1 aromatic heterocycles. The number of benzene rings is 1. The standard InChI is InChI=1S/C13H12N2O3/c1-2-18-12-4-3-9(7-10(12)13(16)17)11-5-6-14-8-15-11/h3-8H,2H2,1H3,(H,16,17). The summed E-state index contributed by atoms with van der Waals surface area (Å²) in [6.45, 7) is 2.23. The van der Waals surface area contributed by atoms with Gasteiger partial charge >= 0.3 is 5.97 Å². The molecule has 0 spiro atoms. The van der Waals surface area contributed by atoms with Gasteiger partial charge in [0.05, 0.1) is 12.3 Å². The van der Waals surface area contributed by atoms with E-state index in [-0.39, 0.29) is 5.56 Å². The van der Waals surface area contributed by atoms with Crippen molar-refractivity contribution in [1.82, 2.24) is 9.97 Å². The zero-order chi connectivity index (χ0) is 13.0. The van der Waals surface area contributed by atoms with Crippen molar-refractivity contribution in [2.75, 3.05) is 6.61 Å². The average Bonchev–Trinajstić information content (AvgIpc) is 2.40. The Morgan fingerprint density at radius 2 is 2.22 bits per heavy atom. The Labute approximate surface area is 104 Å². The molecule has 0 radical (unpaired) electrons. The van der Waals surface area contributed by atoms with Crippen LogP contribution in [0.4, 0.5) is 0 Å². The molecule has 1 N–H and O–H groups in total. The predicted octanol–water partition coefficient (Wildman–Crippen LogP) is 2.24. The highest BCUT2D eigenvalue weighted by atomic mass is 16.5. The van der Waals surface area contributed by atoms with Crippen LogP contribution < -0.4 is 4.74 Å². The summed E-state index contributed by atoms with van der Waals surface area (Å²) in [6.07, 6.45) is 3.03. The van der Waals surface area contributed by atoms with Gasteiger partial charge in [0.2, 0.25) is 0 Å². The fraction of sp³-hybridized carbons (Fsp3) is 0.154. The average molecular weight is 244 g/mol. The van der Waals surface area contributed by atoms with Gasteiger partial charge in [-0.1, -0.05) is 0 Å². The normalized spacial score (nSPS) is 10.1.